The number of nitrogens with one attached hydrogen (secondary N) is 1. The molecule has 0 rings (SSSR count). The molecule has 0 spiro atoms. The number of rotatable bonds is 14. The summed E-state index contributed by atoms with van der Waals surface area (Å²) in [6.07, 6.45) is 14.2. The van der Waals surface area contributed by atoms with Gasteiger partial charge in [0.15, 0.2) is 0 Å². The van der Waals surface area contributed by atoms with Gasteiger partial charge < -0.3 is 11.8 Å². The van der Waals surface area contributed by atoms with Gasteiger partial charge in [0.1, 0.15) is 6.04 Å². The first-order valence-electron chi connectivity index (χ1n) is 8.60. The minimum absolute atomic E-state index is 0. The smallest absolute Gasteiger partial charge is 1.00 e. The summed E-state index contributed by atoms with van der Waals surface area (Å²) >= 11 is 0. The Morgan fingerprint density at radius 2 is 1.32 bits per heavy atom. The summed E-state index contributed by atoms with van der Waals surface area (Å²) in [5.74, 6) is -1.14. The van der Waals surface area contributed by atoms with Gasteiger partial charge in [-0.3, -0.25) is 9.59 Å². The molecule has 0 aromatic carbocycles. The third kappa shape index (κ3) is 16.3. The minimum Gasteiger partial charge on any atom is -1.00 e. The van der Waals surface area contributed by atoms with Gasteiger partial charge in [0.2, 0.25) is 5.91 Å². The quantitative estimate of drug-likeness (QED) is 0.375. The molecular weight excluding hydrogens is 289 g/mol. The van der Waals surface area contributed by atoms with Gasteiger partial charge in [0.25, 0.3) is 0 Å². The summed E-state index contributed by atoms with van der Waals surface area (Å²) < 4.78 is 0. The topological polar surface area (TPSA) is 66.4 Å². The van der Waals surface area contributed by atoms with Gasteiger partial charge in [-0.2, -0.15) is 0 Å². The number of carbonyl (C=O) groups is 2. The molecule has 2 N–H and O–H groups in total. The van der Waals surface area contributed by atoms with E-state index < -0.39 is 12.0 Å². The van der Waals surface area contributed by atoms with Crippen LogP contribution in [-0.2, 0) is 9.59 Å². The first-order valence-corrected chi connectivity index (χ1v) is 8.60. The Morgan fingerprint density at radius 1 is 0.909 bits per heavy atom. The fourth-order valence-corrected chi connectivity index (χ4v) is 2.33. The van der Waals surface area contributed by atoms with Crippen molar-refractivity contribution in [2.75, 3.05) is 0 Å². The van der Waals surface area contributed by atoms with Crippen molar-refractivity contribution in [3.05, 3.63) is 0 Å². The maximum absolute atomic E-state index is 11.4. The first kappa shape index (κ1) is 24.2. The molecule has 0 aromatic rings. The molecule has 1 amide bonds. The Hall–Kier alpha value is -0.0600. The van der Waals surface area contributed by atoms with Crippen LogP contribution in [0.2, 0.25) is 0 Å². The fraction of sp³-hybridized carbons (Fsp3) is 0.882. The van der Waals surface area contributed by atoms with Gasteiger partial charge in [-0.15, -0.1) is 0 Å². The Morgan fingerprint density at radius 3 is 1.73 bits per heavy atom. The van der Waals surface area contributed by atoms with Crippen molar-refractivity contribution in [1.82, 2.24) is 5.32 Å². The number of amides is 1. The SMILES string of the molecule is CCCCCCCCCCCCCC(=O)N[C@H](C)C(=O)O.[H-].[Na+]. The van der Waals surface area contributed by atoms with Gasteiger partial charge in [-0.1, -0.05) is 71.1 Å². The van der Waals surface area contributed by atoms with Crippen LogP contribution in [0.15, 0.2) is 0 Å². The van der Waals surface area contributed by atoms with Crippen LogP contribution in [0, 0.1) is 0 Å². The zero-order valence-electron chi connectivity index (χ0n) is 15.8. The van der Waals surface area contributed by atoms with E-state index in [1.165, 1.54) is 64.7 Å². The Labute approximate surface area is 159 Å². The van der Waals surface area contributed by atoms with Crippen LogP contribution < -0.4 is 34.9 Å². The molecule has 22 heavy (non-hydrogen) atoms. The summed E-state index contributed by atoms with van der Waals surface area (Å²) in [4.78, 5) is 22.0. The van der Waals surface area contributed by atoms with E-state index >= 15 is 0 Å². The molecular formula is C17H34NNaO3. The van der Waals surface area contributed by atoms with Gasteiger partial charge in [-0.25, -0.2) is 0 Å². The molecule has 0 saturated heterocycles. The van der Waals surface area contributed by atoms with E-state index in [4.69, 9.17) is 5.11 Å². The second-order valence-corrected chi connectivity index (χ2v) is 5.91. The minimum atomic E-state index is -0.984. The molecule has 0 aliphatic rings. The standard InChI is InChI=1S/C17H33NO3.Na.H/c1-3-4-5-6-7-8-9-10-11-12-13-14-16(19)18-15(2)17(20)21;;/h15H,3-14H2,1-2H3,(H,18,19)(H,20,21);;/q;+1;-1/t15-;;/m1../s1. The maximum atomic E-state index is 11.4. The van der Waals surface area contributed by atoms with Crippen molar-refractivity contribution in [1.29, 1.82) is 0 Å². The van der Waals surface area contributed by atoms with E-state index in [9.17, 15) is 9.59 Å². The molecule has 5 heteroatoms. The molecule has 0 saturated carbocycles. The van der Waals surface area contributed by atoms with Crippen LogP contribution in [-0.4, -0.2) is 23.0 Å². The molecule has 0 heterocycles. The molecule has 1 atom stereocenters. The summed E-state index contributed by atoms with van der Waals surface area (Å²) in [5, 5.41) is 11.2. The molecule has 0 unspecified atom stereocenters. The van der Waals surface area contributed by atoms with Gasteiger partial charge in [-0.05, 0) is 13.3 Å². The van der Waals surface area contributed by atoms with Crippen molar-refractivity contribution in [2.45, 2.75) is 96.9 Å². The average molecular weight is 323 g/mol. The predicted octanol–water partition coefficient (Wildman–Crippen LogP) is 1.39. The second kappa shape index (κ2) is 17.3. The Bertz CT molecular complexity index is 291. The summed E-state index contributed by atoms with van der Waals surface area (Å²) in [6.45, 7) is 3.73. The van der Waals surface area contributed by atoms with E-state index in [-0.39, 0.29) is 36.9 Å². The second-order valence-electron chi connectivity index (χ2n) is 5.91. The number of unbranched alkanes of at least 4 members (excludes halogenated alkanes) is 10. The van der Waals surface area contributed by atoms with Crippen molar-refractivity contribution in [2.24, 2.45) is 0 Å². The summed E-state index contributed by atoms with van der Waals surface area (Å²) in [6, 6.07) is -0.787. The van der Waals surface area contributed by atoms with E-state index in [1.54, 1.807) is 0 Å². The number of hydrogen-bond acceptors (Lipinski definition) is 2. The van der Waals surface area contributed by atoms with Crippen LogP contribution in [0.5, 0.6) is 0 Å². The number of aliphatic carboxylic acids is 1. The zero-order chi connectivity index (χ0) is 15.9. The van der Waals surface area contributed by atoms with Crippen molar-refractivity contribution in [3.8, 4) is 0 Å². The van der Waals surface area contributed by atoms with Crippen molar-refractivity contribution in [3.63, 3.8) is 0 Å². The van der Waals surface area contributed by atoms with E-state index in [2.05, 4.69) is 12.2 Å². The number of carbonyl (C=O) groups excluding carboxylic acids is 1. The normalized spacial score (nSPS) is 11.5. The predicted molar refractivity (Wildman–Crippen MR) is 87.4 cm³/mol. The zero-order valence-corrected chi connectivity index (χ0v) is 16.8. The Balaban J connectivity index is -0.00000200. The molecule has 0 aliphatic heterocycles. The van der Waals surface area contributed by atoms with Crippen LogP contribution in [0.4, 0.5) is 0 Å². The van der Waals surface area contributed by atoms with E-state index in [0.29, 0.717) is 6.42 Å². The van der Waals surface area contributed by atoms with Gasteiger partial charge in [0, 0.05) is 6.42 Å². The molecule has 4 nitrogen and oxygen atoms in total. The van der Waals surface area contributed by atoms with Crippen LogP contribution in [0.1, 0.15) is 92.3 Å². The summed E-state index contributed by atoms with van der Waals surface area (Å²) in [7, 11) is 0. The molecule has 126 valence electrons. The fourth-order valence-electron chi connectivity index (χ4n) is 2.33. The first-order chi connectivity index (χ1) is 10.1. The number of hydrogen-bond donors (Lipinski definition) is 2. The van der Waals surface area contributed by atoms with Crippen LogP contribution >= 0.6 is 0 Å². The van der Waals surface area contributed by atoms with Gasteiger partial charge >= 0.3 is 35.5 Å². The summed E-state index contributed by atoms with van der Waals surface area (Å²) in [5.41, 5.74) is 0. The average Bonchev–Trinajstić information content (AvgIpc) is 2.44. The monoisotopic (exact) mass is 323 g/mol. The number of carboxylic acid groups (broad SMARTS) is 1. The van der Waals surface area contributed by atoms with Crippen LogP contribution in [0.25, 0.3) is 0 Å². The van der Waals surface area contributed by atoms with E-state index in [1.807, 2.05) is 0 Å². The molecule has 0 aliphatic carbocycles. The van der Waals surface area contributed by atoms with E-state index in [0.717, 1.165) is 12.8 Å². The number of carboxylic acids is 1. The van der Waals surface area contributed by atoms with Crippen molar-refractivity contribution < 1.29 is 45.7 Å². The van der Waals surface area contributed by atoms with Crippen LogP contribution in [0.3, 0.4) is 0 Å². The van der Waals surface area contributed by atoms with Crippen molar-refractivity contribution >= 4 is 11.9 Å². The maximum Gasteiger partial charge on any atom is 1.00 e. The largest absolute Gasteiger partial charge is 1.00 e. The molecule has 0 radical (unpaired) electrons. The third-order valence-electron chi connectivity index (χ3n) is 3.76. The molecule has 0 bridgehead atoms. The third-order valence-corrected chi connectivity index (χ3v) is 3.76. The molecule has 0 aromatic heterocycles. The molecule has 0 fully saturated rings. The Kier molecular flexibility index (Phi) is 19.0. The van der Waals surface area contributed by atoms with Gasteiger partial charge in [0.05, 0.1) is 0 Å².